The van der Waals surface area contributed by atoms with Crippen molar-refractivity contribution in [2.75, 3.05) is 13.2 Å². The second-order valence-electron chi connectivity index (χ2n) is 4.15. The summed E-state index contributed by atoms with van der Waals surface area (Å²) in [6, 6.07) is 0. The van der Waals surface area contributed by atoms with Crippen molar-refractivity contribution >= 4 is 29.7 Å². The minimum atomic E-state index is -2.39. The van der Waals surface area contributed by atoms with Crippen LogP contribution in [0, 0.1) is 11.8 Å². The summed E-state index contributed by atoms with van der Waals surface area (Å²) in [6.45, 7) is 9.65. The lowest BCUT2D eigenvalue weighted by atomic mass is 10.2. The van der Waals surface area contributed by atoms with Crippen LogP contribution in [0.4, 0.5) is 0 Å². The SMILES string of the molecule is CC(C)CCOP(=S)([S-])OCC(C)C. The fourth-order valence-corrected chi connectivity index (χ4v) is 2.37. The van der Waals surface area contributed by atoms with Crippen LogP contribution in [0.5, 0.6) is 0 Å². The zero-order valence-electron chi connectivity index (χ0n) is 9.36. The van der Waals surface area contributed by atoms with E-state index in [0.29, 0.717) is 25.0 Å². The van der Waals surface area contributed by atoms with Crippen LogP contribution in [0.2, 0.25) is 0 Å². The molecule has 0 rings (SSSR count). The molecule has 1 unspecified atom stereocenters. The minimum Gasteiger partial charge on any atom is -0.691 e. The minimum absolute atomic E-state index is 0.453. The predicted octanol–water partition coefficient (Wildman–Crippen LogP) is 3.49. The van der Waals surface area contributed by atoms with Crippen LogP contribution >= 0.6 is 5.69 Å². The van der Waals surface area contributed by atoms with Gasteiger partial charge in [0.1, 0.15) is 0 Å². The maximum absolute atomic E-state index is 5.41. The van der Waals surface area contributed by atoms with Gasteiger partial charge in [-0.1, -0.05) is 39.5 Å². The van der Waals surface area contributed by atoms with Gasteiger partial charge in [0, 0.05) is 0 Å². The second-order valence-corrected chi connectivity index (χ2v) is 9.14. The summed E-state index contributed by atoms with van der Waals surface area (Å²) >= 11 is 10.2. The standard InChI is InChI=1S/C9H21O2PS2/c1-8(2)5-6-10-12(13,14)11-7-9(3)4/h8-9H,5-7H2,1-4H3,(H,13,14)/p-1. The molecule has 0 radical (unpaired) electrons. The van der Waals surface area contributed by atoms with Crippen LogP contribution in [-0.4, -0.2) is 13.2 Å². The highest BCUT2D eigenvalue weighted by Crippen LogP contribution is 2.46. The van der Waals surface area contributed by atoms with Gasteiger partial charge >= 0.3 is 0 Å². The third kappa shape index (κ3) is 9.47. The second kappa shape index (κ2) is 7.24. The Morgan fingerprint density at radius 2 is 1.71 bits per heavy atom. The molecule has 0 aliphatic rings. The first-order valence-electron chi connectivity index (χ1n) is 4.93. The van der Waals surface area contributed by atoms with Gasteiger partial charge in [-0.05, 0) is 18.3 Å². The lowest BCUT2D eigenvalue weighted by molar-refractivity contribution is 0.227. The van der Waals surface area contributed by atoms with E-state index in [0.717, 1.165) is 6.42 Å². The summed E-state index contributed by atoms with van der Waals surface area (Å²) in [6.07, 6.45) is 0.986. The Bertz CT molecular complexity index is 195. The van der Waals surface area contributed by atoms with Crippen molar-refractivity contribution in [3.8, 4) is 0 Å². The molecular weight excluding hydrogens is 235 g/mol. The van der Waals surface area contributed by atoms with Crippen molar-refractivity contribution in [1.29, 1.82) is 0 Å². The fraction of sp³-hybridized carbons (Fsp3) is 1.00. The maximum atomic E-state index is 5.41. The highest BCUT2D eigenvalue weighted by molar-refractivity contribution is 8.51. The lowest BCUT2D eigenvalue weighted by Gasteiger charge is -2.29. The van der Waals surface area contributed by atoms with Gasteiger partial charge in [-0.25, -0.2) is 0 Å². The average Bonchev–Trinajstić information content (AvgIpc) is 2.00. The molecule has 1 atom stereocenters. The van der Waals surface area contributed by atoms with Crippen LogP contribution in [0.1, 0.15) is 34.1 Å². The molecule has 0 aromatic carbocycles. The normalized spacial score (nSPS) is 16.2. The van der Waals surface area contributed by atoms with Crippen LogP contribution in [0.3, 0.4) is 0 Å². The fourth-order valence-electron chi connectivity index (χ4n) is 0.678. The predicted molar refractivity (Wildman–Crippen MR) is 67.8 cm³/mol. The van der Waals surface area contributed by atoms with Gasteiger partial charge in [0.15, 0.2) is 0 Å². The smallest absolute Gasteiger partial charge is 0.0563 e. The van der Waals surface area contributed by atoms with Crippen molar-refractivity contribution in [1.82, 2.24) is 0 Å². The molecule has 5 heteroatoms. The molecule has 0 aliphatic carbocycles. The topological polar surface area (TPSA) is 18.5 Å². The van der Waals surface area contributed by atoms with E-state index in [1.807, 2.05) is 0 Å². The molecule has 86 valence electrons. The van der Waals surface area contributed by atoms with Gasteiger partial charge in [-0.15, -0.1) is 0 Å². The average molecular weight is 255 g/mol. The Hall–Kier alpha value is 0.920. The summed E-state index contributed by atoms with van der Waals surface area (Å²) in [5, 5.41) is 0. The summed E-state index contributed by atoms with van der Waals surface area (Å²) < 4.78 is 10.8. The van der Waals surface area contributed by atoms with E-state index >= 15 is 0 Å². The quantitative estimate of drug-likeness (QED) is 0.512. The largest absolute Gasteiger partial charge is 0.691 e. The first-order valence-corrected chi connectivity index (χ1v) is 8.59. The molecule has 0 spiro atoms. The molecule has 0 saturated heterocycles. The van der Waals surface area contributed by atoms with E-state index in [1.165, 1.54) is 0 Å². The Kier molecular flexibility index (Phi) is 7.71. The van der Waals surface area contributed by atoms with E-state index in [9.17, 15) is 0 Å². The molecule has 0 saturated carbocycles. The van der Waals surface area contributed by atoms with Gasteiger partial charge in [0.05, 0.1) is 18.9 Å². The zero-order chi connectivity index (χ0) is 11.2. The van der Waals surface area contributed by atoms with E-state index in [1.54, 1.807) is 0 Å². The summed E-state index contributed by atoms with van der Waals surface area (Å²) in [7, 11) is 0. The van der Waals surface area contributed by atoms with Gasteiger partial charge in [-0.2, -0.15) is 0 Å². The monoisotopic (exact) mass is 255 g/mol. The third-order valence-corrected chi connectivity index (χ3v) is 3.74. The zero-order valence-corrected chi connectivity index (χ0v) is 11.9. The van der Waals surface area contributed by atoms with Crippen molar-refractivity contribution in [3.05, 3.63) is 0 Å². The van der Waals surface area contributed by atoms with Gasteiger partial charge in [-0.3, -0.25) is 0 Å². The molecule has 0 bridgehead atoms. The van der Waals surface area contributed by atoms with Crippen LogP contribution in [-0.2, 0) is 33.1 Å². The highest BCUT2D eigenvalue weighted by Gasteiger charge is 2.04. The Morgan fingerprint density at radius 3 is 2.14 bits per heavy atom. The van der Waals surface area contributed by atoms with E-state index in [4.69, 9.17) is 33.1 Å². The lowest BCUT2D eigenvalue weighted by Crippen LogP contribution is -2.03. The molecular formula is C9H20O2PS2-. The molecule has 0 N–H and O–H groups in total. The molecule has 0 amide bonds. The van der Waals surface area contributed by atoms with Gasteiger partial charge < -0.3 is 21.3 Å². The van der Waals surface area contributed by atoms with Crippen LogP contribution in [0.25, 0.3) is 0 Å². The van der Waals surface area contributed by atoms with Gasteiger partial charge in [0.25, 0.3) is 0 Å². The highest BCUT2D eigenvalue weighted by atomic mass is 32.9. The number of hydrogen-bond acceptors (Lipinski definition) is 4. The van der Waals surface area contributed by atoms with E-state index < -0.39 is 5.69 Å². The van der Waals surface area contributed by atoms with Crippen molar-refractivity contribution in [3.63, 3.8) is 0 Å². The summed E-state index contributed by atoms with van der Waals surface area (Å²) in [4.78, 5) is 0. The maximum Gasteiger partial charge on any atom is 0.0563 e. The number of rotatable bonds is 7. The Morgan fingerprint density at radius 1 is 1.14 bits per heavy atom. The van der Waals surface area contributed by atoms with Crippen LogP contribution in [0.15, 0.2) is 0 Å². The molecule has 0 aromatic rings. The molecule has 2 nitrogen and oxygen atoms in total. The van der Waals surface area contributed by atoms with Crippen molar-refractivity contribution in [2.45, 2.75) is 34.1 Å². The first kappa shape index (κ1) is 14.9. The van der Waals surface area contributed by atoms with Crippen molar-refractivity contribution < 1.29 is 9.05 Å². The van der Waals surface area contributed by atoms with Crippen molar-refractivity contribution in [2.24, 2.45) is 11.8 Å². The third-order valence-electron chi connectivity index (χ3n) is 1.51. The first-order chi connectivity index (χ1) is 6.33. The van der Waals surface area contributed by atoms with E-state index in [-0.39, 0.29) is 0 Å². The number of hydrogen-bond donors (Lipinski definition) is 0. The Labute approximate surface area is 98.1 Å². The van der Waals surface area contributed by atoms with Crippen LogP contribution < -0.4 is 0 Å². The van der Waals surface area contributed by atoms with Gasteiger partial charge in [0.2, 0.25) is 0 Å². The Balaban J connectivity index is 3.67. The molecule has 0 aromatic heterocycles. The summed E-state index contributed by atoms with van der Waals surface area (Å²) in [5.74, 6) is 1.07. The molecule has 0 aliphatic heterocycles. The molecule has 14 heavy (non-hydrogen) atoms. The summed E-state index contributed by atoms with van der Waals surface area (Å²) in [5.41, 5.74) is -2.39. The molecule has 0 fully saturated rings. The van der Waals surface area contributed by atoms with E-state index in [2.05, 4.69) is 27.7 Å². The molecule has 0 heterocycles.